The van der Waals surface area contributed by atoms with E-state index in [-0.39, 0.29) is 0 Å². The van der Waals surface area contributed by atoms with Gasteiger partial charge in [0.2, 0.25) is 0 Å². The van der Waals surface area contributed by atoms with E-state index in [2.05, 4.69) is 44.3 Å². The molecule has 0 radical (unpaired) electrons. The van der Waals surface area contributed by atoms with Crippen LogP contribution in [0.1, 0.15) is 31.4 Å². The molecule has 0 bridgehead atoms. The zero-order chi connectivity index (χ0) is 14.1. The highest BCUT2D eigenvalue weighted by atomic mass is 32.2. The van der Waals surface area contributed by atoms with E-state index in [1.807, 2.05) is 11.8 Å². The summed E-state index contributed by atoms with van der Waals surface area (Å²) in [5, 5.41) is 3.43. The SMILES string of the molecule is COCCNCc1cc(C)ccc1SCCC(C)C. The maximum absolute atomic E-state index is 5.06. The van der Waals surface area contributed by atoms with Gasteiger partial charge >= 0.3 is 0 Å². The summed E-state index contributed by atoms with van der Waals surface area (Å²) >= 11 is 1.98. The van der Waals surface area contributed by atoms with Crippen molar-refractivity contribution in [1.82, 2.24) is 5.32 Å². The van der Waals surface area contributed by atoms with Crippen LogP contribution in [-0.4, -0.2) is 26.0 Å². The summed E-state index contributed by atoms with van der Waals surface area (Å²) in [5.41, 5.74) is 2.74. The van der Waals surface area contributed by atoms with Gasteiger partial charge in [0, 0.05) is 25.1 Å². The number of hydrogen-bond donors (Lipinski definition) is 1. The lowest BCUT2D eigenvalue weighted by molar-refractivity contribution is 0.199. The van der Waals surface area contributed by atoms with Crippen LogP contribution in [0.3, 0.4) is 0 Å². The van der Waals surface area contributed by atoms with Crippen molar-refractivity contribution in [3.05, 3.63) is 29.3 Å². The minimum atomic E-state index is 0.766. The minimum absolute atomic E-state index is 0.766. The summed E-state index contributed by atoms with van der Waals surface area (Å²) < 4.78 is 5.06. The molecule has 108 valence electrons. The summed E-state index contributed by atoms with van der Waals surface area (Å²) in [6, 6.07) is 6.75. The van der Waals surface area contributed by atoms with E-state index in [4.69, 9.17) is 4.74 Å². The van der Waals surface area contributed by atoms with Gasteiger partial charge in [-0.25, -0.2) is 0 Å². The van der Waals surface area contributed by atoms with Crippen molar-refractivity contribution in [1.29, 1.82) is 0 Å². The highest BCUT2D eigenvalue weighted by molar-refractivity contribution is 7.99. The first-order valence-corrected chi connectivity index (χ1v) is 8.04. The zero-order valence-corrected chi connectivity index (χ0v) is 13.5. The quantitative estimate of drug-likeness (QED) is 0.548. The van der Waals surface area contributed by atoms with Crippen molar-refractivity contribution in [3.8, 4) is 0 Å². The normalized spacial score (nSPS) is 11.2. The molecule has 0 saturated carbocycles. The second kappa shape index (κ2) is 9.40. The Morgan fingerprint density at radius 1 is 1.32 bits per heavy atom. The van der Waals surface area contributed by atoms with E-state index >= 15 is 0 Å². The third-order valence-electron chi connectivity index (χ3n) is 2.97. The van der Waals surface area contributed by atoms with Gasteiger partial charge in [0.1, 0.15) is 0 Å². The number of nitrogens with one attached hydrogen (secondary N) is 1. The summed E-state index contributed by atoms with van der Waals surface area (Å²) in [4.78, 5) is 1.41. The number of aryl methyl sites for hydroxylation is 1. The van der Waals surface area contributed by atoms with Gasteiger partial charge < -0.3 is 10.1 Å². The summed E-state index contributed by atoms with van der Waals surface area (Å²) in [5.74, 6) is 1.98. The molecule has 1 N–H and O–H groups in total. The van der Waals surface area contributed by atoms with Crippen molar-refractivity contribution in [3.63, 3.8) is 0 Å². The van der Waals surface area contributed by atoms with Crippen molar-refractivity contribution in [2.24, 2.45) is 5.92 Å². The molecule has 0 unspecified atom stereocenters. The summed E-state index contributed by atoms with van der Waals surface area (Å²) in [7, 11) is 1.74. The first-order valence-electron chi connectivity index (χ1n) is 7.05. The number of methoxy groups -OCH3 is 1. The first-order chi connectivity index (χ1) is 9.13. The van der Waals surface area contributed by atoms with E-state index in [0.29, 0.717) is 0 Å². The average Bonchev–Trinajstić information content (AvgIpc) is 2.36. The van der Waals surface area contributed by atoms with Crippen LogP contribution >= 0.6 is 11.8 Å². The molecular formula is C16H27NOS. The molecule has 1 aromatic carbocycles. The van der Waals surface area contributed by atoms with Gasteiger partial charge in [0.15, 0.2) is 0 Å². The topological polar surface area (TPSA) is 21.3 Å². The Balaban J connectivity index is 2.53. The number of thioether (sulfide) groups is 1. The van der Waals surface area contributed by atoms with E-state index in [9.17, 15) is 0 Å². The number of hydrogen-bond acceptors (Lipinski definition) is 3. The molecule has 19 heavy (non-hydrogen) atoms. The molecule has 1 aromatic rings. The Morgan fingerprint density at radius 2 is 2.11 bits per heavy atom. The monoisotopic (exact) mass is 281 g/mol. The van der Waals surface area contributed by atoms with Gasteiger partial charge in [-0.2, -0.15) is 0 Å². The van der Waals surface area contributed by atoms with Crippen LogP contribution in [0.15, 0.2) is 23.1 Å². The van der Waals surface area contributed by atoms with Crippen LogP contribution in [0.5, 0.6) is 0 Å². The molecule has 0 aliphatic carbocycles. The van der Waals surface area contributed by atoms with E-state index in [1.54, 1.807) is 7.11 Å². The molecule has 0 aliphatic heterocycles. The number of benzene rings is 1. The molecule has 0 fully saturated rings. The smallest absolute Gasteiger partial charge is 0.0587 e. The van der Waals surface area contributed by atoms with Crippen LogP contribution < -0.4 is 5.32 Å². The second-order valence-corrected chi connectivity index (χ2v) is 6.45. The van der Waals surface area contributed by atoms with Crippen LogP contribution in [0.2, 0.25) is 0 Å². The summed E-state index contributed by atoms with van der Waals surface area (Å²) in [6.45, 7) is 9.31. The molecule has 0 atom stereocenters. The number of ether oxygens (including phenoxy) is 1. The lowest BCUT2D eigenvalue weighted by atomic mass is 10.1. The molecule has 0 aromatic heterocycles. The van der Waals surface area contributed by atoms with Crippen molar-refractivity contribution in [2.75, 3.05) is 26.0 Å². The highest BCUT2D eigenvalue weighted by Crippen LogP contribution is 2.25. The minimum Gasteiger partial charge on any atom is -0.383 e. The fourth-order valence-corrected chi connectivity index (χ4v) is 3.08. The Hall–Kier alpha value is -0.510. The molecule has 0 heterocycles. The van der Waals surface area contributed by atoms with Crippen LogP contribution in [-0.2, 0) is 11.3 Å². The fourth-order valence-electron chi connectivity index (χ4n) is 1.79. The Bertz CT molecular complexity index is 366. The van der Waals surface area contributed by atoms with Crippen molar-refractivity contribution < 1.29 is 4.74 Å². The van der Waals surface area contributed by atoms with Gasteiger partial charge in [-0.05, 0) is 36.6 Å². The Labute approximate surface area is 122 Å². The van der Waals surface area contributed by atoms with E-state index < -0.39 is 0 Å². The van der Waals surface area contributed by atoms with Crippen molar-refractivity contribution in [2.45, 2.75) is 38.6 Å². The third-order valence-corrected chi connectivity index (χ3v) is 4.12. The molecule has 3 heteroatoms. The zero-order valence-electron chi connectivity index (χ0n) is 12.7. The van der Waals surface area contributed by atoms with Crippen LogP contribution in [0, 0.1) is 12.8 Å². The molecule has 0 aliphatic rings. The molecule has 0 saturated heterocycles. The highest BCUT2D eigenvalue weighted by Gasteiger charge is 2.04. The van der Waals surface area contributed by atoms with Gasteiger partial charge in [-0.15, -0.1) is 11.8 Å². The molecule has 1 rings (SSSR count). The maximum atomic E-state index is 5.06. The lowest BCUT2D eigenvalue weighted by Gasteiger charge is -2.12. The molecule has 2 nitrogen and oxygen atoms in total. The maximum Gasteiger partial charge on any atom is 0.0587 e. The standard InChI is InChI=1S/C16H27NOS/c1-13(2)7-10-19-16-6-5-14(3)11-15(16)12-17-8-9-18-4/h5-6,11,13,17H,7-10,12H2,1-4H3. The molecular weight excluding hydrogens is 254 g/mol. The second-order valence-electron chi connectivity index (χ2n) is 5.31. The van der Waals surface area contributed by atoms with Crippen LogP contribution in [0.25, 0.3) is 0 Å². The molecule has 0 spiro atoms. The Morgan fingerprint density at radius 3 is 2.79 bits per heavy atom. The van der Waals surface area contributed by atoms with Gasteiger partial charge in [-0.1, -0.05) is 31.5 Å². The largest absolute Gasteiger partial charge is 0.383 e. The van der Waals surface area contributed by atoms with E-state index in [0.717, 1.165) is 25.6 Å². The van der Waals surface area contributed by atoms with Crippen molar-refractivity contribution >= 4 is 11.8 Å². The average molecular weight is 281 g/mol. The van der Waals surface area contributed by atoms with Gasteiger partial charge in [0.05, 0.1) is 6.61 Å². The predicted octanol–water partition coefficient (Wildman–Crippen LogP) is 3.87. The number of rotatable bonds is 9. The molecule has 0 amide bonds. The van der Waals surface area contributed by atoms with E-state index in [1.165, 1.54) is 28.2 Å². The first kappa shape index (κ1) is 16.5. The third kappa shape index (κ3) is 7.00. The predicted molar refractivity (Wildman–Crippen MR) is 84.9 cm³/mol. The Kier molecular flexibility index (Phi) is 8.19. The van der Waals surface area contributed by atoms with Crippen LogP contribution in [0.4, 0.5) is 0 Å². The fraction of sp³-hybridized carbons (Fsp3) is 0.625. The van der Waals surface area contributed by atoms with Gasteiger partial charge in [0.25, 0.3) is 0 Å². The summed E-state index contributed by atoms with van der Waals surface area (Å²) in [6.07, 6.45) is 1.27. The van der Waals surface area contributed by atoms with Gasteiger partial charge in [-0.3, -0.25) is 0 Å². The lowest BCUT2D eigenvalue weighted by Crippen LogP contribution is -2.19.